The van der Waals surface area contributed by atoms with Crippen molar-refractivity contribution < 1.29 is 23.6 Å². The molecule has 1 fully saturated rings. The smallest absolute Gasteiger partial charge is 0.275 e. The van der Waals surface area contributed by atoms with Crippen LogP contribution >= 0.6 is 0 Å². The molecule has 1 amide bonds. The van der Waals surface area contributed by atoms with Crippen LogP contribution in [0.2, 0.25) is 0 Å². The second-order valence-corrected chi connectivity index (χ2v) is 6.76. The Hall–Kier alpha value is -2.60. The van der Waals surface area contributed by atoms with Crippen molar-refractivity contribution in [3.8, 4) is 11.5 Å². The van der Waals surface area contributed by atoms with Crippen LogP contribution in [0.25, 0.3) is 0 Å². The molecule has 1 aliphatic carbocycles. The van der Waals surface area contributed by atoms with Gasteiger partial charge < -0.3 is 19.7 Å². The van der Waals surface area contributed by atoms with Crippen LogP contribution in [0.5, 0.6) is 11.5 Å². The summed E-state index contributed by atoms with van der Waals surface area (Å²) in [5.41, 5.74) is 1.05. The average Bonchev–Trinajstić information content (AvgIpc) is 3.52. The summed E-state index contributed by atoms with van der Waals surface area (Å²) in [5, 5.41) is 2.91. The zero-order valence-corrected chi connectivity index (χ0v) is 15.5. The molecule has 0 radical (unpaired) electrons. The Morgan fingerprint density at radius 1 is 1.15 bits per heavy atom. The average molecular weight is 373 g/mol. The van der Waals surface area contributed by atoms with Crippen molar-refractivity contribution in [2.24, 2.45) is 0 Å². The van der Waals surface area contributed by atoms with Crippen LogP contribution in [-0.4, -0.2) is 38.8 Å². The predicted molar refractivity (Wildman–Crippen MR) is 100 cm³/mol. The fourth-order valence-electron chi connectivity index (χ4n) is 3.07. The Kier molecular flexibility index (Phi) is 6.65. The van der Waals surface area contributed by atoms with E-state index >= 15 is 0 Å². The second-order valence-electron chi connectivity index (χ2n) is 6.76. The van der Waals surface area contributed by atoms with Crippen LogP contribution in [0, 0.1) is 5.82 Å². The number of quaternary nitrogens is 1. The van der Waals surface area contributed by atoms with Gasteiger partial charge in [-0.1, -0.05) is 24.3 Å². The lowest BCUT2D eigenvalue weighted by Crippen LogP contribution is -3.13. The Morgan fingerprint density at radius 2 is 1.85 bits per heavy atom. The van der Waals surface area contributed by atoms with E-state index in [9.17, 15) is 9.18 Å². The number of nitrogens with one attached hydrogen (secondary N) is 2. The van der Waals surface area contributed by atoms with Crippen LogP contribution in [0.4, 0.5) is 4.39 Å². The molecule has 0 aromatic heterocycles. The van der Waals surface area contributed by atoms with Gasteiger partial charge in [0.15, 0.2) is 18.0 Å². The standard InChI is InChI=1S/C21H25FN2O3/c1-26-19-4-2-3-5-20(19)27-13-12-23-21(25)15-24(18-10-11-18)14-16-6-8-17(22)9-7-16/h2-9,18H,10-15H2,1H3,(H,23,25)/p+1. The summed E-state index contributed by atoms with van der Waals surface area (Å²) in [5.74, 6) is 1.10. The maximum absolute atomic E-state index is 13.1. The Bertz CT molecular complexity index is 747. The van der Waals surface area contributed by atoms with Gasteiger partial charge in [-0.3, -0.25) is 4.79 Å². The lowest BCUT2D eigenvalue weighted by molar-refractivity contribution is -0.917. The van der Waals surface area contributed by atoms with Crippen LogP contribution in [0.1, 0.15) is 18.4 Å². The van der Waals surface area contributed by atoms with E-state index < -0.39 is 0 Å². The third-order valence-electron chi connectivity index (χ3n) is 4.64. The molecule has 0 aliphatic heterocycles. The highest BCUT2D eigenvalue weighted by atomic mass is 19.1. The maximum atomic E-state index is 13.1. The quantitative estimate of drug-likeness (QED) is 0.622. The van der Waals surface area contributed by atoms with Gasteiger partial charge in [0.2, 0.25) is 0 Å². The number of hydrogen-bond donors (Lipinski definition) is 2. The van der Waals surface area contributed by atoms with E-state index in [1.807, 2.05) is 24.3 Å². The number of rotatable bonds is 10. The Balaban J connectivity index is 1.42. The maximum Gasteiger partial charge on any atom is 0.275 e. The molecule has 27 heavy (non-hydrogen) atoms. The van der Waals surface area contributed by atoms with Crippen LogP contribution in [-0.2, 0) is 11.3 Å². The van der Waals surface area contributed by atoms with E-state index in [-0.39, 0.29) is 11.7 Å². The molecular formula is C21H26FN2O3+. The van der Waals surface area contributed by atoms with E-state index in [1.54, 1.807) is 19.2 Å². The van der Waals surface area contributed by atoms with Gasteiger partial charge in [-0.25, -0.2) is 4.39 Å². The molecular weight excluding hydrogens is 347 g/mol. The summed E-state index contributed by atoms with van der Waals surface area (Å²) in [6, 6.07) is 14.5. The SMILES string of the molecule is COc1ccccc1OCCNC(=O)C[NH+](Cc1ccc(F)cc1)C1CC1. The summed E-state index contributed by atoms with van der Waals surface area (Å²) in [4.78, 5) is 13.5. The molecule has 0 heterocycles. The van der Waals surface area contributed by atoms with Crippen molar-refractivity contribution in [1.82, 2.24) is 5.32 Å². The topological polar surface area (TPSA) is 52.0 Å². The van der Waals surface area contributed by atoms with Crippen molar-refractivity contribution in [3.05, 3.63) is 59.9 Å². The zero-order valence-electron chi connectivity index (χ0n) is 15.5. The molecule has 2 N–H and O–H groups in total. The van der Waals surface area contributed by atoms with E-state index in [2.05, 4.69) is 5.32 Å². The number of halogens is 1. The molecule has 1 aliphatic rings. The number of hydrogen-bond acceptors (Lipinski definition) is 3. The van der Waals surface area contributed by atoms with Crippen molar-refractivity contribution in [1.29, 1.82) is 0 Å². The molecule has 5 nitrogen and oxygen atoms in total. The van der Waals surface area contributed by atoms with Gasteiger partial charge in [0, 0.05) is 18.4 Å². The Morgan fingerprint density at radius 3 is 2.52 bits per heavy atom. The first-order chi connectivity index (χ1) is 13.2. The molecule has 0 spiro atoms. The fraction of sp³-hybridized carbons (Fsp3) is 0.381. The molecule has 0 saturated heterocycles. The van der Waals surface area contributed by atoms with Crippen LogP contribution < -0.4 is 19.7 Å². The number of carbonyl (C=O) groups excluding carboxylic acids is 1. The summed E-state index contributed by atoms with van der Waals surface area (Å²) in [6.45, 7) is 1.96. The van der Waals surface area contributed by atoms with Gasteiger partial charge in [-0.2, -0.15) is 0 Å². The summed E-state index contributed by atoms with van der Waals surface area (Å²) >= 11 is 0. The molecule has 1 atom stereocenters. The van der Waals surface area contributed by atoms with Crippen molar-refractivity contribution >= 4 is 5.91 Å². The molecule has 6 heteroatoms. The van der Waals surface area contributed by atoms with E-state index in [0.29, 0.717) is 37.2 Å². The number of benzene rings is 2. The highest BCUT2D eigenvalue weighted by Crippen LogP contribution is 2.25. The minimum absolute atomic E-state index is 0.00244. The minimum atomic E-state index is -0.237. The van der Waals surface area contributed by atoms with Gasteiger partial charge >= 0.3 is 0 Å². The molecule has 3 rings (SSSR count). The van der Waals surface area contributed by atoms with E-state index in [4.69, 9.17) is 9.47 Å². The summed E-state index contributed by atoms with van der Waals surface area (Å²) in [7, 11) is 1.60. The van der Waals surface area contributed by atoms with Crippen molar-refractivity contribution in [3.63, 3.8) is 0 Å². The van der Waals surface area contributed by atoms with Crippen LogP contribution in [0.3, 0.4) is 0 Å². The lowest BCUT2D eigenvalue weighted by Gasteiger charge is -2.19. The minimum Gasteiger partial charge on any atom is -0.493 e. The number of methoxy groups -OCH3 is 1. The Labute approximate surface area is 159 Å². The van der Waals surface area contributed by atoms with Gasteiger partial charge in [-0.05, 0) is 24.3 Å². The van der Waals surface area contributed by atoms with Gasteiger partial charge in [0.05, 0.1) is 19.7 Å². The molecule has 1 unspecified atom stereocenters. The second kappa shape index (κ2) is 9.37. The van der Waals surface area contributed by atoms with Gasteiger partial charge in [-0.15, -0.1) is 0 Å². The summed E-state index contributed by atoms with van der Waals surface area (Å²) in [6.07, 6.45) is 2.28. The molecule has 1 saturated carbocycles. The van der Waals surface area contributed by atoms with E-state index in [0.717, 1.165) is 24.9 Å². The van der Waals surface area contributed by atoms with Gasteiger partial charge in [0.1, 0.15) is 19.0 Å². The van der Waals surface area contributed by atoms with Crippen molar-refractivity contribution in [2.75, 3.05) is 26.8 Å². The van der Waals surface area contributed by atoms with E-state index in [1.165, 1.54) is 17.0 Å². The number of para-hydroxylation sites is 2. The predicted octanol–water partition coefficient (Wildman–Crippen LogP) is 1.58. The third-order valence-corrected chi connectivity index (χ3v) is 4.64. The van der Waals surface area contributed by atoms with Crippen LogP contribution in [0.15, 0.2) is 48.5 Å². The molecule has 2 aromatic carbocycles. The van der Waals surface area contributed by atoms with Gasteiger partial charge in [0.25, 0.3) is 5.91 Å². The number of ether oxygens (including phenoxy) is 2. The normalized spacial score (nSPS) is 14.4. The number of amides is 1. The number of carbonyl (C=O) groups is 1. The molecule has 0 bridgehead atoms. The first-order valence-corrected chi connectivity index (χ1v) is 9.27. The largest absolute Gasteiger partial charge is 0.493 e. The molecule has 144 valence electrons. The highest BCUT2D eigenvalue weighted by molar-refractivity contribution is 5.76. The highest BCUT2D eigenvalue weighted by Gasteiger charge is 2.34. The lowest BCUT2D eigenvalue weighted by atomic mass is 10.2. The first kappa shape index (κ1) is 19.2. The monoisotopic (exact) mass is 373 g/mol. The van der Waals surface area contributed by atoms with Crippen molar-refractivity contribution in [2.45, 2.75) is 25.4 Å². The fourth-order valence-corrected chi connectivity index (χ4v) is 3.07. The first-order valence-electron chi connectivity index (χ1n) is 9.27. The zero-order chi connectivity index (χ0) is 19.1. The summed E-state index contributed by atoms with van der Waals surface area (Å²) < 4.78 is 24.0. The third kappa shape index (κ3) is 5.96. The molecule has 2 aromatic rings.